The Kier molecular flexibility index (Phi) is 6.23. The van der Waals surface area contributed by atoms with Gasteiger partial charge in [0.2, 0.25) is 0 Å². The van der Waals surface area contributed by atoms with E-state index >= 15 is 0 Å². The number of hydrogen-bond acceptors (Lipinski definition) is 3. The van der Waals surface area contributed by atoms with Crippen molar-refractivity contribution in [3.63, 3.8) is 0 Å². The Labute approximate surface area is 164 Å². The molecular formula is C23H21FN2O2. The second-order valence-electron chi connectivity index (χ2n) is 6.37. The van der Waals surface area contributed by atoms with E-state index in [4.69, 9.17) is 11.2 Å². The van der Waals surface area contributed by atoms with Gasteiger partial charge in [0, 0.05) is 30.6 Å². The number of ether oxygens (including phenoxy) is 1. The number of anilines is 1. The van der Waals surface area contributed by atoms with E-state index in [1.807, 2.05) is 12.1 Å². The zero-order chi connectivity index (χ0) is 19.9. The summed E-state index contributed by atoms with van der Waals surface area (Å²) in [4.78, 5) is 18.4. The van der Waals surface area contributed by atoms with Crippen molar-refractivity contribution in [3.05, 3.63) is 66.1 Å². The second-order valence-corrected chi connectivity index (χ2v) is 6.37. The number of pyridine rings is 1. The average Bonchev–Trinajstić information content (AvgIpc) is 2.73. The predicted molar refractivity (Wildman–Crippen MR) is 109 cm³/mol. The van der Waals surface area contributed by atoms with Crippen LogP contribution in [-0.2, 0) is 0 Å². The minimum Gasteiger partial charge on any atom is -0.490 e. The summed E-state index contributed by atoms with van der Waals surface area (Å²) < 4.78 is 20.4. The molecular weight excluding hydrogens is 355 g/mol. The van der Waals surface area contributed by atoms with E-state index in [0.29, 0.717) is 18.6 Å². The van der Waals surface area contributed by atoms with Crippen molar-refractivity contribution >= 4 is 22.5 Å². The molecule has 0 saturated heterocycles. The van der Waals surface area contributed by atoms with Gasteiger partial charge in [-0.25, -0.2) is 4.39 Å². The van der Waals surface area contributed by atoms with Crippen LogP contribution in [0.5, 0.6) is 5.75 Å². The number of benzene rings is 2. The van der Waals surface area contributed by atoms with E-state index < -0.39 is 5.82 Å². The molecule has 0 radical (unpaired) electrons. The van der Waals surface area contributed by atoms with Crippen LogP contribution in [0.4, 0.5) is 10.1 Å². The summed E-state index contributed by atoms with van der Waals surface area (Å²) in [5.41, 5.74) is 1.42. The summed E-state index contributed by atoms with van der Waals surface area (Å²) in [5, 5.41) is 0.853. The van der Waals surface area contributed by atoms with Crippen LogP contribution in [0.15, 0.2) is 54.7 Å². The molecule has 1 amide bonds. The number of carbonyl (C=O) groups is 1. The van der Waals surface area contributed by atoms with Gasteiger partial charge in [-0.2, -0.15) is 0 Å². The van der Waals surface area contributed by atoms with Crippen molar-refractivity contribution in [3.8, 4) is 18.1 Å². The van der Waals surface area contributed by atoms with Crippen LogP contribution < -0.4 is 9.64 Å². The van der Waals surface area contributed by atoms with Gasteiger partial charge in [-0.15, -0.1) is 12.3 Å². The highest BCUT2D eigenvalue weighted by atomic mass is 19.1. The molecule has 0 aliphatic rings. The van der Waals surface area contributed by atoms with E-state index in [2.05, 4.69) is 10.9 Å². The normalized spacial score (nSPS) is 10.5. The molecule has 3 aromatic rings. The van der Waals surface area contributed by atoms with E-state index in [0.717, 1.165) is 23.7 Å². The van der Waals surface area contributed by atoms with Crippen molar-refractivity contribution < 1.29 is 13.9 Å². The molecule has 0 atom stereocenters. The monoisotopic (exact) mass is 376 g/mol. The molecule has 0 aliphatic heterocycles. The minimum absolute atomic E-state index is 0.126. The lowest BCUT2D eigenvalue weighted by Gasteiger charge is -2.19. The van der Waals surface area contributed by atoms with Crippen LogP contribution in [0.2, 0.25) is 0 Å². The van der Waals surface area contributed by atoms with Gasteiger partial charge >= 0.3 is 0 Å². The minimum atomic E-state index is -0.558. The fourth-order valence-corrected chi connectivity index (χ4v) is 2.89. The zero-order valence-electron chi connectivity index (χ0n) is 15.7. The number of halogens is 1. The van der Waals surface area contributed by atoms with Gasteiger partial charge in [0.1, 0.15) is 0 Å². The SMILES string of the molecule is C#CCCCCOc1cccc(N(C)C(=O)c2ccc3ncccc3c2)c1F. The first-order valence-electron chi connectivity index (χ1n) is 9.09. The molecule has 2 aromatic carbocycles. The van der Waals surface area contributed by atoms with Gasteiger partial charge in [0.25, 0.3) is 5.91 Å². The maximum Gasteiger partial charge on any atom is 0.258 e. The van der Waals surface area contributed by atoms with Crippen LogP contribution in [0.1, 0.15) is 29.6 Å². The van der Waals surface area contributed by atoms with Crippen molar-refractivity contribution in [2.45, 2.75) is 19.3 Å². The lowest BCUT2D eigenvalue weighted by Crippen LogP contribution is -2.27. The summed E-state index contributed by atoms with van der Waals surface area (Å²) >= 11 is 0. The molecule has 0 N–H and O–H groups in total. The van der Waals surface area contributed by atoms with E-state index in [9.17, 15) is 9.18 Å². The third kappa shape index (κ3) is 4.29. The number of hydrogen-bond donors (Lipinski definition) is 0. The van der Waals surface area contributed by atoms with Crippen LogP contribution in [-0.4, -0.2) is 24.5 Å². The maximum atomic E-state index is 14.9. The summed E-state index contributed by atoms with van der Waals surface area (Å²) in [7, 11) is 1.55. The summed E-state index contributed by atoms with van der Waals surface area (Å²) in [5.74, 6) is 1.82. The van der Waals surface area contributed by atoms with Gasteiger partial charge in [0.05, 0.1) is 17.8 Å². The van der Waals surface area contributed by atoms with E-state index in [-0.39, 0.29) is 17.3 Å². The molecule has 1 heterocycles. The highest BCUT2D eigenvalue weighted by Gasteiger charge is 2.19. The molecule has 0 spiro atoms. The number of unbranched alkanes of at least 4 members (excludes halogenated alkanes) is 2. The van der Waals surface area contributed by atoms with Gasteiger partial charge in [-0.3, -0.25) is 9.78 Å². The molecule has 0 aliphatic carbocycles. The van der Waals surface area contributed by atoms with Gasteiger partial charge in [-0.1, -0.05) is 12.1 Å². The Hall–Kier alpha value is -3.39. The number of aromatic nitrogens is 1. The first-order valence-corrected chi connectivity index (χ1v) is 9.09. The number of amides is 1. The molecule has 0 fully saturated rings. The zero-order valence-corrected chi connectivity index (χ0v) is 15.7. The largest absolute Gasteiger partial charge is 0.490 e. The standard InChI is InChI=1S/C23H21FN2O2/c1-3-4-5-6-15-28-21-11-7-10-20(22(21)24)26(2)23(27)18-12-13-19-17(16-18)9-8-14-25-19/h1,7-14,16H,4-6,15H2,2H3. The predicted octanol–water partition coefficient (Wildman–Crippen LogP) is 4.83. The molecule has 0 bridgehead atoms. The second kappa shape index (κ2) is 9.01. The molecule has 1 aromatic heterocycles. The quantitative estimate of drug-likeness (QED) is 0.438. The van der Waals surface area contributed by atoms with Gasteiger partial charge in [-0.05, 0) is 49.2 Å². The number of nitrogens with zero attached hydrogens (tertiary/aromatic N) is 2. The Bertz CT molecular complexity index is 1030. The molecule has 28 heavy (non-hydrogen) atoms. The number of terminal acetylenes is 1. The van der Waals surface area contributed by atoms with Crippen LogP contribution in [0.3, 0.4) is 0 Å². The molecule has 3 rings (SSSR count). The molecule has 4 nitrogen and oxygen atoms in total. The first-order chi connectivity index (χ1) is 13.6. The molecule has 5 heteroatoms. The molecule has 0 unspecified atom stereocenters. The number of carbonyl (C=O) groups excluding carboxylic acids is 1. The van der Waals surface area contributed by atoms with Gasteiger partial charge < -0.3 is 9.64 Å². The number of fused-ring (bicyclic) bond motifs is 1. The van der Waals surface area contributed by atoms with Gasteiger partial charge in [0.15, 0.2) is 11.6 Å². The average molecular weight is 376 g/mol. The third-order valence-electron chi connectivity index (χ3n) is 4.43. The van der Waals surface area contributed by atoms with Crippen LogP contribution in [0.25, 0.3) is 10.9 Å². The molecule has 0 saturated carbocycles. The fraction of sp³-hybridized carbons (Fsp3) is 0.217. The maximum absolute atomic E-state index is 14.9. The highest BCUT2D eigenvalue weighted by Crippen LogP contribution is 2.28. The van der Waals surface area contributed by atoms with E-state index in [1.165, 1.54) is 4.90 Å². The Morgan fingerprint density at radius 2 is 2.07 bits per heavy atom. The highest BCUT2D eigenvalue weighted by molar-refractivity contribution is 6.07. The third-order valence-corrected chi connectivity index (χ3v) is 4.43. The summed E-state index contributed by atoms with van der Waals surface area (Å²) in [6, 6.07) is 13.7. The Morgan fingerprint density at radius 1 is 1.21 bits per heavy atom. The Balaban J connectivity index is 1.77. The first kappa shape index (κ1) is 19.4. The number of rotatable bonds is 7. The van der Waals surface area contributed by atoms with Crippen molar-refractivity contribution in [2.75, 3.05) is 18.6 Å². The lowest BCUT2D eigenvalue weighted by molar-refractivity contribution is 0.0992. The van der Waals surface area contributed by atoms with E-state index in [1.54, 1.807) is 49.6 Å². The molecule has 142 valence electrons. The van der Waals surface area contributed by atoms with Crippen molar-refractivity contribution in [2.24, 2.45) is 0 Å². The van der Waals surface area contributed by atoms with Crippen LogP contribution >= 0.6 is 0 Å². The van der Waals surface area contributed by atoms with Crippen molar-refractivity contribution in [1.82, 2.24) is 4.98 Å². The summed E-state index contributed by atoms with van der Waals surface area (Å²) in [6.07, 6.45) is 9.15. The lowest BCUT2D eigenvalue weighted by atomic mass is 10.1. The van der Waals surface area contributed by atoms with Crippen molar-refractivity contribution in [1.29, 1.82) is 0 Å². The summed E-state index contributed by atoms with van der Waals surface area (Å²) in [6.45, 7) is 0.372. The van der Waals surface area contributed by atoms with Crippen LogP contribution in [0, 0.1) is 18.2 Å². The smallest absolute Gasteiger partial charge is 0.258 e. The Morgan fingerprint density at radius 3 is 2.89 bits per heavy atom. The fourth-order valence-electron chi connectivity index (χ4n) is 2.89. The topological polar surface area (TPSA) is 42.4 Å².